The number of unbranched alkanes of at least 4 members (excludes halogenated alkanes) is 3. The first-order chi connectivity index (χ1) is 45.9. The number of nitrogens with one attached hydrogen (secondary N) is 6. The number of carbonyl (C=O) groups excluding carboxylic acids is 9. The van der Waals surface area contributed by atoms with Gasteiger partial charge in [0.05, 0.1) is 82.2 Å². The van der Waals surface area contributed by atoms with Crippen molar-refractivity contribution in [3.8, 4) is 0 Å². The van der Waals surface area contributed by atoms with Crippen LogP contribution in [0.3, 0.4) is 0 Å². The van der Waals surface area contributed by atoms with Crippen LogP contribution in [0.2, 0.25) is 0 Å². The van der Waals surface area contributed by atoms with E-state index in [4.69, 9.17) is 74.0 Å². The number of rotatable bonds is 51. The van der Waals surface area contributed by atoms with Crippen molar-refractivity contribution in [1.29, 1.82) is 0 Å². The molecule has 0 radical (unpaired) electrons. The van der Waals surface area contributed by atoms with Crippen LogP contribution in [-0.4, -0.2) is 272 Å². The van der Waals surface area contributed by atoms with Crippen LogP contribution < -0.4 is 49.1 Å². The van der Waals surface area contributed by atoms with E-state index < -0.39 is 103 Å². The van der Waals surface area contributed by atoms with Crippen molar-refractivity contribution in [3.05, 3.63) is 0 Å². The predicted molar refractivity (Wildman–Crippen MR) is 339 cm³/mol. The Morgan fingerprint density at radius 1 is 0.396 bits per heavy atom. The fraction of sp³-hybridized carbons (Fsp3) is 0.855. The first-order valence-electron chi connectivity index (χ1n) is 33.4. The number of ether oxygens (including phenoxy) is 12. The summed E-state index contributed by atoms with van der Waals surface area (Å²) in [6.07, 6.45) is -3.70. The minimum Gasteiger partial charge on any atom is -0.463 e. The van der Waals surface area contributed by atoms with Gasteiger partial charge >= 0.3 is 17.9 Å². The highest BCUT2D eigenvalue weighted by Gasteiger charge is 2.44. The van der Waals surface area contributed by atoms with Crippen molar-refractivity contribution < 1.29 is 120 Å². The number of amides is 6. The lowest BCUT2D eigenvalue weighted by molar-refractivity contribution is -0.267. The minimum absolute atomic E-state index is 0.0242. The molecule has 0 spiro atoms. The quantitative estimate of drug-likeness (QED) is 0.0161. The largest absolute Gasteiger partial charge is 0.463 e. The maximum absolute atomic E-state index is 12.7. The summed E-state index contributed by atoms with van der Waals surface area (Å²) in [5.74, 6) is -2.80. The van der Waals surface area contributed by atoms with Gasteiger partial charge in [0.1, 0.15) is 38.1 Å². The highest BCUT2D eigenvalue weighted by molar-refractivity contribution is 5.78. The first-order valence-corrected chi connectivity index (χ1v) is 33.4. The van der Waals surface area contributed by atoms with Crippen molar-refractivity contribution in [2.75, 3.05) is 119 Å². The van der Waals surface area contributed by atoms with E-state index in [-0.39, 0.29) is 166 Å². The molecular weight excluding hydrogens is 1270 g/mol. The molecule has 96 heavy (non-hydrogen) atoms. The fourth-order valence-corrected chi connectivity index (χ4v) is 9.76. The van der Waals surface area contributed by atoms with Crippen LogP contribution in [0.15, 0.2) is 0 Å². The zero-order valence-electron chi connectivity index (χ0n) is 56.3. The fourth-order valence-electron chi connectivity index (χ4n) is 9.76. The molecule has 0 aliphatic carbocycles. The van der Waals surface area contributed by atoms with Gasteiger partial charge in [-0.15, -0.1) is 0 Å². The van der Waals surface area contributed by atoms with Crippen LogP contribution in [-0.2, 0) is 100.0 Å². The van der Waals surface area contributed by atoms with Gasteiger partial charge in [-0.3, -0.25) is 43.2 Å². The Morgan fingerprint density at radius 2 is 0.698 bits per heavy atom. The molecule has 3 aliphatic heterocycles. The monoisotopic (exact) mass is 1380 g/mol. The highest BCUT2D eigenvalue weighted by Crippen LogP contribution is 2.25. The third kappa shape index (κ3) is 38.1. The molecule has 34 heteroatoms. The summed E-state index contributed by atoms with van der Waals surface area (Å²) in [5.41, 5.74) is 17.3. The Labute approximate surface area is 561 Å². The zero-order chi connectivity index (χ0) is 70.7. The third-order valence-electron chi connectivity index (χ3n) is 15.3. The van der Waals surface area contributed by atoms with Gasteiger partial charge in [-0.05, 0) is 57.8 Å². The van der Waals surface area contributed by atoms with E-state index in [1.165, 1.54) is 20.8 Å². The van der Waals surface area contributed by atoms with Crippen LogP contribution in [0.25, 0.3) is 0 Å². The van der Waals surface area contributed by atoms with Gasteiger partial charge in [-0.1, -0.05) is 6.92 Å². The summed E-state index contributed by atoms with van der Waals surface area (Å²) in [7, 11) is 0. The van der Waals surface area contributed by atoms with Gasteiger partial charge in [0, 0.05) is 137 Å². The Morgan fingerprint density at radius 3 is 1.02 bits per heavy atom. The Balaban J connectivity index is 1.31. The third-order valence-corrected chi connectivity index (χ3v) is 15.3. The minimum atomic E-state index is -1.37. The van der Waals surface area contributed by atoms with Crippen LogP contribution in [0.4, 0.5) is 0 Å². The summed E-state index contributed by atoms with van der Waals surface area (Å²) < 4.78 is 66.8. The molecule has 3 fully saturated rings. The molecule has 3 heterocycles. The van der Waals surface area contributed by atoms with Crippen LogP contribution in [0.5, 0.6) is 0 Å². The lowest BCUT2D eigenvalue weighted by atomic mass is 9.94. The molecule has 0 aromatic rings. The van der Waals surface area contributed by atoms with E-state index >= 15 is 0 Å². The summed E-state index contributed by atoms with van der Waals surface area (Å²) >= 11 is 0. The highest BCUT2D eigenvalue weighted by atomic mass is 16.7. The van der Waals surface area contributed by atoms with Crippen LogP contribution in [0, 0.1) is 5.41 Å². The van der Waals surface area contributed by atoms with E-state index in [0.717, 1.165) is 0 Å². The number of nitrogens with two attached hydrogens (primary N) is 3. The molecule has 13 atom stereocenters. The molecule has 0 aromatic heterocycles. The summed E-state index contributed by atoms with van der Waals surface area (Å²) in [5, 5.41) is 57.9. The lowest BCUT2D eigenvalue weighted by Crippen LogP contribution is -2.62. The first kappa shape index (κ1) is 84.8. The SMILES string of the molecule is CC(=O)OCC1CC(O)C(N)C(OCCCCC(=O)NCCCNC(=O)CCOCC(C)(COCCC(=O)NCCCNC(=O)CCCCOC2OC(COC(C)=O)CC(O)C2N)COCCC(=O)NCCCNC(=O)CCCCOC2OC(COC(C)=O)C(O)C(O)C2N)O1. The molecule has 3 rings (SSSR count). The second kappa shape index (κ2) is 49.2. The number of aliphatic hydroxyl groups excluding tert-OH is 4. The Kier molecular flexibility index (Phi) is 43.4. The number of esters is 3. The maximum atomic E-state index is 12.7. The summed E-state index contributed by atoms with van der Waals surface area (Å²) in [4.78, 5) is 109. The Bertz CT molecular complexity index is 2190. The van der Waals surface area contributed by atoms with Gasteiger partial charge in [0.15, 0.2) is 18.9 Å². The molecule has 554 valence electrons. The molecule has 6 amide bonds. The van der Waals surface area contributed by atoms with E-state index in [1.807, 2.05) is 6.92 Å². The van der Waals surface area contributed by atoms with Crippen molar-refractivity contribution in [2.24, 2.45) is 22.6 Å². The van der Waals surface area contributed by atoms with E-state index in [0.29, 0.717) is 97.1 Å². The van der Waals surface area contributed by atoms with Crippen molar-refractivity contribution in [2.45, 2.75) is 217 Å². The van der Waals surface area contributed by atoms with Gasteiger partial charge < -0.3 is 126 Å². The normalized spacial score (nSPS) is 24.7. The molecule has 0 aromatic carbocycles. The standard InChI is InChI=1S/C62H111N9O25/c1-40(72)91-34-43-32-45(75)54(63)59(94-43)88-26-8-5-14-48(77)66-20-11-23-69-51(80)17-29-85-37-62(4,38-86-30-18-52(81)70-24-12-21-67-49(78)15-6-9-27-89-60-55(64)46(76)33-44(95-60)35-92-41(2)73)39-87-31-19-53(82)71-25-13-22-68-50(79)16-7-10-28-90-61-56(65)58(84)57(83)47(96-61)36-93-42(3)74/h43-47,54-61,75-76,83-84H,5-39,63-65H2,1-4H3,(H,66,77)(H,67,78)(H,68,79)(H,69,80)(H,70,81)(H,71,82). The molecular formula is C62H111N9O25. The predicted octanol–water partition coefficient (Wildman–Crippen LogP) is -3.29. The molecule has 0 saturated carbocycles. The average Bonchev–Trinajstić information content (AvgIpc) is 0.844. The summed E-state index contributed by atoms with van der Waals surface area (Å²) in [6.45, 7) is 8.37. The maximum Gasteiger partial charge on any atom is 0.302 e. The molecule has 3 saturated heterocycles. The van der Waals surface area contributed by atoms with Gasteiger partial charge in [-0.25, -0.2) is 0 Å². The molecule has 34 nitrogen and oxygen atoms in total. The van der Waals surface area contributed by atoms with Crippen molar-refractivity contribution in [1.82, 2.24) is 31.9 Å². The smallest absolute Gasteiger partial charge is 0.302 e. The van der Waals surface area contributed by atoms with Gasteiger partial charge in [-0.2, -0.15) is 0 Å². The molecule has 0 bridgehead atoms. The molecule has 3 aliphatic rings. The van der Waals surface area contributed by atoms with Gasteiger partial charge in [0.25, 0.3) is 0 Å². The number of hydrogen-bond donors (Lipinski definition) is 13. The second-order valence-electron chi connectivity index (χ2n) is 24.4. The molecule has 16 N–H and O–H groups in total. The zero-order valence-corrected chi connectivity index (χ0v) is 56.3. The Hall–Kier alpha value is -5.41. The number of carbonyl (C=O) groups is 9. The van der Waals surface area contributed by atoms with E-state index in [9.17, 15) is 63.6 Å². The number of hydrogen-bond acceptors (Lipinski definition) is 28. The lowest BCUT2D eigenvalue weighted by Gasteiger charge is -2.40. The van der Waals surface area contributed by atoms with Crippen LogP contribution in [0.1, 0.15) is 137 Å². The molecule has 13 unspecified atom stereocenters. The van der Waals surface area contributed by atoms with Gasteiger partial charge in [0.2, 0.25) is 35.4 Å². The second-order valence-corrected chi connectivity index (χ2v) is 24.4. The van der Waals surface area contributed by atoms with Crippen LogP contribution >= 0.6 is 0 Å². The summed E-state index contributed by atoms with van der Waals surface area (Å²) in [6, 6.07) is -2.58. The van der Waals surface area contributed by atoms with Crippen molar-refractivity contribution in [3.63, 3.8) is 0 Å². The van der Waals surface area contributed by atoms with E-state index in [2.05, 4.69) is 31.9 Å². The van der Waals surface area contributed by atoms with Crippen molar-refractivity contribution >= 4 is 53.4 Å². The van der Waals surface area contributed by atoms with E-state index in [1.54, 1.807) is 0 Å². The topological polar surface area (TPSA) is 496 Å². The number of aliphatic hydroxyl groups is 4. The average molecular weight is 1380 g/mol.